The number of sulfone groups is 1. The molecule has 0 radical (unpaired) electrons. The van der Waals surface area contributed by atoms with Gasteiger partial charge in [0.25, 0.3) is 0 Å². The van der Waals surface area contributed by atoms with Crippen LogP contribution >= 0.6 is 0 Å². The number of anilines is 1. The number of aromatic nitrogens is 2. The molecule has 1 aromatic carbocycles. The zero-order chi connectivity index (χ0) is 16.0. The van der Waals surface area contributed by atoms with E-state index in [1.165, 1.54) is 10.6 Å². The van der Waals surface area contributed by atoms with E-state index in [9.17, 15) is 21.6 Å². The van der Waals surface area contributed by atoms with Crippen LogP contribution in [0.3, 0.4) is 0 Å². The summed E-state index contributed by atoms with van der Waals surface area (Å²) in [5.74, 6) is -0.190. The van der Waals surface area contributed by atoms with E-state index in [1.807, 2.05) is 0 Å². The van der Waals surface area contributed by atoms with Crippen molar-refractivity contribution in [1.29, 1.82) is 0 Å². The molecule has 0 saturated carbocycles. The number of fused-ring (bicyclic) bond motifs is 1. The zero-order valence-electron chi connectivity index (χ0n) is 11.3. The molecule has 0 aliphatic heterocycles. The second-order valence-electron chi connectivity index (χ2n) is 4.98. The number of nitrogen functional groups attached to an aromatic ring is 1. The maximum absolute atomic E-state index is 12.7. The lowest BCUT2D eigenvalue weighted by atomic mass is 10.2. The third-order valence-electron chi connectivity index (χ3n) is 3.03. The third-order valence-corrected chi connectivity index (χ3v) is 4.12. The number of imidazole rings is 1. The molecule has 1 aromatic heterocycles. The highest BCUT2D eigenvalue weighted by molar-refractivity contribution is 7.90. The second kappa shape index (κ2) is 4.90. The lowest BCUT2D eigenvalue weighted by Gasteiger charge is -2.15. The van der Waals surface area contributed by atoms with E-state index in [0.717, 1.165) is 18.4 Å². The van der Waals surface area contributed by atoms with Crippen LogP contribution in [0.4, 0.5) is 19.1 Å². The first kappa shape index (κ1) is 15.6. The van der Waals surface area contributed by atoms with Gasteiger partial charge in [-0.3, -0.25) is 0 Å². The topological polar surface area (TPSA) is 78.0 Å². The van der Waals surface area contributed by atoms with Crippen LogP contribution in [0.25, 0.3) is 11.0 Å². The summed E-state index contributed by atoms with van der Waals surface area (Å²) in [6.45, 7) is 1.62. The van der Waals surface area contributed by atoms with Crippen molar-refractivity contribution in [3.05, 3.63) is 23.8 Å². The normalized spacial score (nSPS) is 14.5. The van der Waals surface area contributed by atoms with Gasteiger partial charge in [-0.05, 0) is 25.1 Å². The molecule has 21 heavy (non-hydrogen) atoms. The summed E-state index contributed by atoms with van der Waals surface area (Å²) in [5.41, 5.74) is 5.34. The van der Waals surface area contributed by atoms with Crippen molar-refractivity contribution in [2.24, 2.45) is 0 Å². The van der Waals surface area contributed by atoms with E-state index >= 15 is 0 Å². The monoisotopic (exact) mass is 321 g/mol. The van der Waals surface area contributed by atoms with Gasteiger partial charge < -0.3 is 10.3 Å². The number of hydrogen-bond donors (Lipinski definition) is 1. The fraction of sp³-hybridized carbons (Fsp3) is 0.417. The number of rotatable bonds is 3. The molecule has 2 rings (SSSR count). The fourth-order valence-corrected chi connectivity index (χ4v) is 3.29. The SMILES string of the molecule is CC(CS(C)(=O)=O)n1c(N)nc2cc(C(F)(F)F)ccc21. The van der Waals surface area contributed by atoms with Gasteiger partial charge in [-0.2, -0.15) is 13.2 Å². The van der Waals surface area contributed by atoms with Crippen LogP contribution in [0.2, 0.25) is 0 Å². The largest absolute Gasteiger partial charge is 0.416 e. The Morgan fingerprint density at radius 3 is 2.52 bits per heavy atom. The van der Waals surface area contributed by atoms with Crippen LogP contribution in [-0.2, 0) is 16.0 Å². The number of hydrogen-bond acceptors (Lipinski definition) is 4. The van der Waals surface area contributed by atoms with Crippen molar-refractivity contribution in [1.82, 2.24) is 9.55 Å². The molecular formula is C12H14F3N3O2S. The Kier molecular flexibility index (Phi) is 3.64. The van der Waals surface area contributed by atoms with Crippen LogP contribution in [0, 0.1) is 0 Å². The summed E-state index contributed by atoms with van der Waals surface area (Å²) in [6.07, 6.45) is -3.38. The standard InChI is InChI=1S/C12H14F3N3O2S/c1-7(6-21(2,19)20)18-10-4-3-8(12(13,14)15)5-9(10)17-11(18)16/h3-5,7H,6H2,1-2H3,(H2,16,17). The van der Waals surface area contributed by atoms with Crippen LogP contribution in [-0.4, -0.2) is 30.0 Å². The molecule has 1 atom stereocenters. The highest BCUT2D eigenvalue weighted by Gasteiger charge is 2.31. The number of benzene rings is 1. The molecule has 0 aliphatic carbocycles. The molecular weight excluding hydrogens is 307 g/mol. The molecule has 0 fully saturated rings. The summed E-state index contributed by atoms with van der Waals surface area (Å²) >= 11 is 0. The van der Waals surface area contributed by atoms with Crippen LogP contribution in [0.1, 0.15) is 18.5 Å². The molecule has 0 spiro atoms. The van der Waals surface area contributed by atoms with Crippen LogP contribution in [0.5, 0.6) is 0 Å². The van der Waals surface area contributed by atoms with E-state index in [-0.39, 0.29) is 17.2 Å². The minimum Gasteiger partial charge on any atom is -0.369 e. The quantitative estimate of drug-likeness (QED) is 0.940. The predicted octanol–water partition coefficient (Wildman–Crippen LogP) is 2.24. The van der Waals surface area contributed by atoms with Crippen molar-refractivity contribution in [3.8, 4) is 0 Å². The molecule has 0 bridgehead atoms. The van der Waals surface area contributed by atoms with Gasteiger partial charge in [0.15, 0.2) is 0 Å². The Hall–Kier alpha value is -1.77. The van der Waals surface area contributed by atoms with E-state index in [1.54, 1.807) is 6.92 Å². The fourth-order valence-electron chi connectivity index (χ4n) is 2.27. The average molecular weight is 321 g/mol. The first-order chi connectivity index (χ1) is 9.49. The van der Waals surface area contributed by atoms with Gasteiger partial charge in [-0.25, -0.2) is 13.4 Å². The number of nitrogens with two attached hydrogens (primary N) is 1. The summed E-state index contributed by atoms with van der Waals surface area (Å²) in [5, 5.41) is 0. The van der Waals surface area contributed by atoms with E-state index < -0.39 is 27.6 Å². The first-order valence-corrected chi connectivity index (χ1v) is 8.07. The van der Waals surface area contributed by atoms with Crippen molar-refractivity contribution >= 4 is 26.8 Å². The van der Waals surface area contributed by atoms with Crippen molar-refractivity contribution in [3.63, 3.8) is 0 Å². The van der Waals surface area contributed by atoms with Crippen molar-refractivity contribution in [2.45, 2.75) is 19.1 Å². The maximum Gasteiger partial charge on any atom is 0.416 e. The number of nitrogens with zero attached hydrogens (tertiary/aromatic N) is 2. The first-order valence-electron chi connectivity index (χ1n) is 6.01. The minimum absolute atomic E-state index is 0.0134. The molecule has 2 aromatic rings. The Morgan fingerprint density at radius 2 is 2.00 bits per heavy atom. The van der Waals surface area contributed by atoms with Crippen molar-refractivity contribution in [2.75, 3.05) is 17.7 Å². The van der Waals surface area contributed by atoms with Crippen molar-refractivity contribution < 1.29 is 21.6 Å². The average Bonchev–Trinajstić information content (AvgIpc) is 2.59. The smallest absolute Gasteiger partial charge is 0.369 e. The van der Waals surface area contributed by atoms with Gasteiger partial charge in [0, 0.05) is 12.3 Å². The van der Waals surface area contributed by atoms with E-state index in [2.05, 4.69) is 4.98 Å². The van der Waals surface area contributed by atoms with Gasteiger partial charge in [0.1, 0.15) is 9.84 Å². The number of alkyl halides is 3. The lowest BCUT2D eigenvalue weighted by Crippen LogP contribution is -2.18. The Bertz CT molecular complexity index is 781. The maximum atomic E-state index is 12.7. The summed E-state index contributed by atoms with van der Waals surface area (Å²) in [4.78, 5) is 3.88. The minimum atomic E-state index is -4.47. The highest BCUT2D eigenvalue weighted by Crippen LogP contribution is 2.32. The summed E-state index contributed by atoms with van der Waals surface area (Å²) < 4.78 is 62.1. The van der Waals surface area contributed by atoms with Gasteiger partial charge in [0.2, 0.25) is 5.95 Å². The predicted molar refractivity (Wildman–Crippen MR) is 73.6 cm³/mol. The molecule has 0 saturated heterocycles. The molecule has 0 amide bonds. The van der Waals surface area contributed by atoms with Gasteiger partial charge in [-0.15, -0.1) is 0 Å². The van der Waals surface area contributed by atoms with Gasteiger partial charge in [-0.1, -0.05) is 0 Å². The zero-order valence-corrected chi connectivity index (χ0v) is 12.2. The van der Waals surface area contributed by atoms with E-state index in [0.29, 0.717) is 5.52 Å². The molecule has 116 valence electrons. The summed E-state index contributed by atoms with van der Waals surface area (Å²) in [7, 11) is -3.25. The Labute approximate surface area is 119 Å². The van der Waals surface area contributed by atoms with Gasteiger partial charge >= 0.3 is 6.18 Å². The molecule has 1 unspecified atom stereocenters. The number of halogens is 3. The molecule has 1 heterocycles. The Morgan fingerprint density at radius 1 is 1.38 bits per heavy atom. The lowest BCUT2D eigenvalue weighted by molar-refractivity contribution is -0.137. The third kappa shape index (κ3) is 3.29. The molecule has 9 heteroatoms. The Balaban J connectivity index is 2.54. The van der Waals surface area contributed by atoms with Crippen LogP contribution in [0.15, 0.2) is 18.2 Å². The molecule has 5 nitrogen and oxygen atoms in total. The van der Waals surface area contributed by atoms with Gasteiger partial charge in [0.05, 0.1) is 22.3 Å². The molecule has 0 aliphatic rings. The highest BCUT2D eigenvalue weighted by atomic mass is 32.2. The van der Waals surface area contributed by atoms with Crippen LogP contribution < -0.4 is 5.73 Å². The van der Waals surface area contributed by atoms with E-state index in [4.69, 9.17) is 5.73 Å². The molecule has 2 N–H and O–H groups in total. The summed E-state index contributed by atoms with van der Waals surface area (Å²) in [6, 6.07) is 2.55. The second-order valence-corrected chi connectivity index (χ2v) is 7.17.